The molecule has 2 aromatic heterocycles. The Morgan fingerprint density at radius 1 is 1.05 bits per heavy atom. The Labute approximate surface area is 216 Å². The predicted molar refractivity (Wildman–Crippen MR) is 141 cm³/mol. The number of carboxylic acid groups (broad SMARTS) is 1. The molecule has 0 aliphatic carbocycles. The number of carbonyl (C=O) groups is 2. The van der Waals surface area contributed by atoms with E-state index >= 15 is 4.39 Å². The number of carbonyl (C=O) groups excluding carboxylic acids is 1. The number of hydrogen-bond acceptors (Lipinski definition) is 4. The molecule has 1 amide bonds. The number of rotatable bonds is 9. The largest absolute Gasteiger partial charge is 0.481 e. The molecule has 0 aliphatic heterocycles. The second-order valence-electron chi connectivity index (χ2n) is 10.0. The summed E-state index contributed by atoms with van der Waals surface area (Å²) in [5, 5.41) is 12.3. The van der Waals surface area contributed by atoms with E-state index in [2.05, 4.69) is 10.3 Å². The second-order valence-corrected chi connectivity index (χ2v) is 10.0. The standard InChI is InChI=1S/C29H34FN3O4/c1-16(2)12-23(33-11-10-17(3)13-24(33)34)29(37)32-22(15-25(35)36)28-27(30)20(6)14-21(31-28)26-18(4)8-7-9-19(26)5/h7-11,13-14,16,22-23H,12,15H2,1-6H3,(H,32,37)(H,35,36)/t22-,23-/m1/s1. The van der Waals surface area contributed by atoms with Gasteiger partial charge in [0.25, 0.3) is 5.56 Å². The number of benzene rings is 1. The van der Waals surface area contributed by atoms with E-state index in [1.807, 2.05) is 45.9 Å². The van der Waals surface area contributed by atoms with Crippen LogP contribution in [0.2, 0.25) is 0 Å². The zero-order valence-electron chi connectivity index (χ0n) is 22.1. The maximum Gasteiger partial charge on any atom is 0.305 e. The van der Waals surface area contributed by atoms with Crippen molar-refractivity contribution >= 4 is 11.9 Å². The van der Waals surface area contributed by atoms with Crippen LogP contribution >= 0.6 is 0 Å². The van der Waals surface area contributed by atoms with E-state index in [1.54, 1.807) is 32.2 Å². The first-order valence-corrected chi connectivity index (χ1v) is 12.3. The van der Waals surface area contributed by atoms with E-state index in [9.17, 15) is 19.5 Å². The van der Waals surface area contributed by atoms with Gasteiger partial charge >= 0.3 is 5.97 Å². The molecule has 3 rings (SSSR count). The highest BCUT2D eigenvalue weighted by molar-refractivity contribution is 5.81. The number of aryl methyl sites for hydroxylation is 4. The summed E-state index contributed by atoms with van der Waals surface area (Å²) < 4.78 is 16.8. The van der Waals surface area contributed by atoms with Crippen LogP contribution in [0.3, 0.4) is 0 Å². The van der Waals surface area contributed by atoms with Crippen molar-refractivity contribution in [2.75, 3.05) is 0 Å². The molecule has 37 heavy (non-hydrogen) atoms. The van der Waals surface area contributed by atoms with Crippen molar-refractivity contribution in [1.29, 1.82) is 0 Å². The smallest absolute Gasteiger partial charge is 0.305 e. The third kappa shape index (κ3) is 6.50. The normalized spacial score (nSPS) is 12.9. The van der Waals surface area contributed by atoms with Crippen molar-refractivity contribution in [1.82, 2.24) is 14.9 Å². The Hall–Kier alpha value is -3.81. The number of amides is 1. The fourth-order valence-corrected chi connectivity index (χ4v) is 4.56. The molecule has 0 saturated heterocycles. The Morgan fingerprint density at radius 3 is 2.27 bits per heavy atom. The average Bonchev–Trinajstić information content (AvgIpc) is 2.79. The lowest BCUT2D eigenvalue weighted by molar-refractivity contribution is -0.138. The first-order chi connectivity index (χ1) is 17.4. The van der Waals surface area contributed by atoms with Crippen molar-refractivity contribution in [3.05, 3.63) is 86.7 Å². The van der Waals surface area contributed by atoms with Crippen LogP contribution in [0.1, 0.15) is 66.7 Å². The van der Waals surface area contributed by atoms with Crippen molar-refractivity contribution in [2.24, 2.45) is 5.92 Å². The molecule has 3 aromatic rings. The Kier molecular flexibility index (Phi) is 8.63. The highest BCUT2D eigenvalue weighted by atomic mass is 19.1. The Balaban J connectivity index is 2.09. The zero-order valence-corrected chi connectivity index (χ0v) is 22.1. The summed E-state index contributed by atoms with van der Waals surface area (Å²) in [6, 6.07) is 8.44. The van der Waals surface area contributed by atoms with Gasteiger partial charge in [-0.3, -0.25) is 14.4 Å². The molecule has 0 fully saturated rings. The van der Waals surface area contributed by atoms with E-state index in [0.29, 0.717) is 17.7 Å². The molecular weight excluding hydrogens is 473 g/mol. The molecule has 196 valence electrons. The van der Waals surface area contributed by atoms with E-state index < -0.39 is 36.2 Å². The lowest BCUT2D eigenvalue weighted by atomic mass is 9.97. The van der Waals surface area contributed by atoms with Crippen LogP contribution in [0.5, 0.6) is 0 Å². The number of pyridine rings is 2. The summed E-state index contributed by atoms with van der Waals surface area (Å²) in [6.45, 7) is 11.1. The van der Waals surface area contributed by atoms with Crippen LogP contribution in [0.15, 0.2) is 47.4 Å². The summed E-state index contributed by atoms with van der Waals surface area (Å²) >= 11 is 0. The van der Waals surface area contributed by atoms with Crippen LogP contribution in [-0.2, 0) is 9.59 Å². The molecule has 7 nitrogen and oxygen atoms in total. The van der Waals surface area contributed by atoms with Crippen LogP contribution < -0.4 is 10.9 Å². The molecule has 0 unspecified atom stereocenters. The molecule has 0 bridgehead atoms. The Bertz CT molecular complexity index is 1360. The number of aromatic nitrogens is 2. The van der Waals surface area contributed by atoms with Gasteiger partial charge in [-0.25, -0.2) is 9.37 Å². The van der Waals surface area contributed by atoms with Crippen molar-refractivity contribution in [3.63, 3.8) is 0 Å². The zero-order chi connectivity index (χ0) is 27.4. The van der Waals surface area contributed by atoms with Gasteiger partial charge in [0.15, 0.2) is 0 Å². The van der Waals surface area contributed by atoms with E-state index in [4.69, 9.17) is 0 Å². The molecule has 0 radical (unpaired) electrons. The summed E-state index contributed by atoms with van der Waals surface area (Å²) in [5.74, 6) is -2.39. The topological polar surface area (TPSA) is 101 Å². The monoisotopic (exact) mass is 507 g/mol. The van der Waals surface area contributed by atoms with Gasteiger partial charge in [-0.15, -0.1) is 0 Å². The molecule has 0 aliphatic rings. The van der Waals surface area contributed by atoms with E-state index in [0.717, 1.165) is 22.3 Å². The number of aliphatic carboxylic acids is 1. The van der Waals surface area contributed by atoms with Gasteiger partial charge in [0, 0.05) is 17.8 Å². The van der Waals surface area contributed by atoms with E-state index in [-0.39, 0.29) is 17.2 Å². The maximum atomic E-state index is 15.4. The molecule has 8 heteroatoms. The lowest BCUT2D eigenvalue weighted by Gasteiger charge is -2.25. The number of nitrogens with one attached hydrogen (secondary N) is 1. The molecule has 2 N–H and O–H groups in total. The molecule has 2 atom stereocenters. The summed E-state index contributed by atoms with van der Waals surface area (Å²) in [7, 11) is 0. The third-order valence-electron chi connectivity index (χ3n) is 6.36. The summed E-state index contributed by atoms with van der Waals surface area (Å²) in [4.78, 5) is 42.5. The van der Waals surface area contributed by atoms with Gasteiger partial charge in [0.1, 0.15) is 11.9 Å². The highest BCUT2D eigenvalue weighted by Crippen LogP contribution is 2.31. The highest BCUT2D eigenvalue weighted by Gasteiger charge is 2.30. The van der Waals surface area contributed by atoms with Crippen LogP contribution in [-0.4, -0.2) is 26.5 Å². The average molecular weight is 508 g/mol. The number of halogens is 1. The Morgan fingerprint density at radius 2 is 1.70 bits per heavy atom. The molecule has 1 aromatic carbocycles. The van der Waals surface area contributed by atoms with Gasteiger partial charge in [-0.1, -0.05) is 32.0 Å². The summed E-state index contributed by atoms with van der Waals surface area (Å²) in [5.41, 5.74) is 3.79. The van der Waals surface area contributed by atoms with Crippen molar-refractivity contribution in [3.8, 4) is 11.3 Å². The first-order valence-electron chi connectivity index (χ1n) is 12.3. The van der Waals surface area contributed by atoms with Crippen molar-refractivity contribution < 1.29 is 19.1 Å². The lowest BCUT2D eigenvalue weighted by Crippen LogP contribution is -2.40. The van der Waals surface area contributed by atoms with Crippen molar-refractivity contribution in [2.45, 2.75) is 66.5 Å². The molecular formula is C29H34FN3O4. The number of carboxylic acids is 1. The van der Waals surface area contributed by atoms with Crippen LogP contribution in [0, 0.1) is 39.4 Å². The summed E-state index contributed by atoms with van der Waals surface area (Å²) in [6.07, 6.45) is 1.33. The van der Waals surface area contributed by atoms with Gasteiger partial charge in [0.2, 0.25) is 5.91 Å². The number of nitrogens with zero attached hydrogens (tertiary/aromatic N) is 2. The second kappa shape index (κ2) is 11.5. The third-order valence-corrected chi connectivity index (χ3v) is 6.36. The fourth-order valence-electron chi connectivity index (χ4n) is 4.56. The quantitative estimate of drug-likeness (QED) is 0.414. The predicted octanol–water partition coefficient (Wildman–Crippen LogP) is 5.20. The van der Waals surface area contributed by atoms with Gasteiger partial charge in [-0.05, 0) is 74.4 Å². The van der Waals surface area contributed by atoms with Crippen LogP contribution in [0.4, 0.5) is 4.39 Å². The molecule has 2 heterocycles. The SMILES string of the molecule is Cc1ccn([C@H](CC(C)C)C(=O)N[C@H](CC(=O)O)c2nc(-c3c(C)cccc3C)cc(C)c2F)c(=O)c1. The molecule has 0 spiro atoms. The minimum absolute atomic E-state index is 0.0614. The van der Waals surface area contributed by atoms with Gasteiger partial charge in [0.05, 0.1) is 23.9 Å². The van der Waals surface area contributed by atoms with Gasteiger partial charge < -0.3 is 15.0 Å². The molecule has 0 saturated carbocycles. The number of hydrogen-bond donors (Lipinski definition) is 2. The fraction of sp³-hybridized carbons (Fsp3) is 0.379. The minimum Gasteiger partial charge on any atom is -0.481 e. The maximum absolute atomic E-state index is 15.4. The van der Waals surface area contributed by atoms with Crippen LogP contribution in [0.25, 0.3) is 11.3 Å². The minimum atomic E-state index is -1.23. The van der Waals surface area contributed by atoms with E-state index in [1.165, 1.54) is 10.6 Å². The first kappa shape index (κ1) is 27.8. The van der Waals surface area contributed by atoms with Gasteiger partial charge in [-0.2, -0.15) is 0 Å².